The Balaban J connectivity index is 1.52. The molecule has 136 valence electrons. The van der Waals surface area contributed by atoms with Crippen molar-refractivity contribution in [3.8, 4) is 0 Å². The number of aromatic amines is 1. The molecule has 0 atom stereocenters. The quantitative estimate of drug-likeness (QED) is 0.556. The third-order valence-corrected chi connectivity index (χ3v) is 4.76. The van der Waals surface area contributed by atoms with Gasteiger partial charge in [-0.25, -0.2) is 4.98 Å². The first kappa shape index (κ1) is 18.0. The number of para-hydroxylation sites is 1. The summed E-state index contributed by atoms with van der Waals surface area (Å²) < 4.78 is 0. The van der Waals surface area contributed by atoms with E-state index in [9.17, 15) is 4.79 Å². The van der Waals surface area contributed by atoms with E-state index in [2.05, 4.69) is 45.0 Å². The van der Waals surface area contributed by atoms with Crippen LogP contribution in [0.4, 0.5) is 11.5 Å². The summed E-state index contributed by atoms with van der Waals surface area (Å²) in [6.45, 7) is 4.87. The Morgan fingerprint density at radius 2 is 1.96 bits per heavy atom. The van der Waals surface area contributed by atoms with Crippen molar-refractivity contribution in [2.75, 3.05) is 17.2 Å². The number of hydrogen-bond acceptors (Lipinski definition) is 3. The zero-order valence-electron chi connectivity index (χ0n) is 15.4. The fraction of sp³-hybridized carbons (Fsp3) is 0.333. The van der Waals surface area contributed by atoms with Crippen LogP contribution in [0.1, 0.15) is 32.3 Å². The number of aromatic nitrogens is 2. The Morgan fingerprint density at radius 1 is 1.15 bits per heavy atom. The summed E-state index contributed by atoms with van der Waals surface area (Å²) in [6.07, 6.45) is 6.38. The number of benzene rings is 1. The van der Waals surface area contributed by atoms with Gasteiger partial charge >= 0.3 is 0 Å². The van der Waals surface area contributed by atoms with Crippen molar-refractivity contribution in [2.24, 2.45) is 5.92 Å². The van der Waals surface area contributed by atoms with Crippen molar-refractivity contribution in [2.45, 2.75) is 33.1 Å². The maximum Gasteiger partial charge on any atom is 0.227 e. The van der Waals surface area contributed by atoms with E-state index >= 15 is 0 Å². The third-order valence-electron chi connectivity index (χ3n) is 4.76. The Bertz CT molecular complexity index is 850. The number of rotatable bonds is 8. The molecule has 0 saturated carbocycles. The van der Waals surface area contributed by atoms with E-state index in [1.165, 1.54) is 10.9 Å². The highest BCUT2D eigenvalue weighted by Crippen LogP contribution is 2.18. The number of nitrogens with one attached hydrogen (secondary N) is 3. The molecule has 0 aliphatic rings. The van der Waals surface area contributed by atoms with E-state index in [-0.39, 0.29) is 11.8 Å². The molecule has 0 fully saturated rings. The molecular formula is C21H26N4O. The van der Waals surface area contributed by atoms with Crippen LogP contribution >= 0.6 is 0 Å². The maximum absolute atomic E-state index is 12.1. The highest BCUT2D eigenvalue weighted by Gasteiger charge is 2.14. The van der Waals surface area contributed by atoms with Crippen LogP contribution in [0.2, 0.25) is 0 Å². The molecule has 0 unspecified atom stereocenters. The zero-order chi connectivity index (χ0) is 18.4. The number of hydrogen-bond donors (Lipinski definition) is 3. The second-order valence-electron chi connectivity index (χ2n) is 6.47. The van der Waals surface area contributed by atoms with Crippen LogP contribution in [0.5, 0.6) is 0 Å². The first-order chi connectivity index (χ1) is 12.7. The molecule has 3 N–H and O–H groups in total. The molecule has 1 aromatic carbocycles. The van der Waals surface area contributed by atoms with Gasteiger partial charge in [0.05, 0.1) is 11.9 Å². The molecule has 1 amide bonds. The minimum atomic E-state index is 0.0592. The van der Waals surface area contributed by atoms with Crippen molar-refractivity contribution in [1.29, 1.82) is 0 Å². The first-order valence-electron chi connectivity index (χ1n) is 9.27. The number of carbonyl (C=O) groups is 1. The molecule has 0 radical (unpaired) electrons. The predicted octanol–water partition coefficient (Wildman–Crippen LogP) is 4.59. The summed E-state index contributed by atoms with van der Waals surface area (Å²) in [5.41, 5.74) is 3.20. The summed E-state index contributed by atoms with van der Waals surface area (Å²) in [5, 5.41) is 7.54. The van der Waals surface area contributed by atoms with Crippen molar-refractivity contribution < 1.29 is 4.79 Å². The largest absolute Gasteiger partial charge is 0.370 e. The van der Waals surface area contributed by atoms with Gasteiger partial charge in [-0.05, 0) is 43.0 Å². The molecule has 0 aliphatic carbocycles. The van der Waals surface area contributed by atoms with Gasteiger partial charge in [0.2, 0.25) is 5.91 Å². The predicted molar refractivity (Wildman–Crippen MR) is 107 cm³/mol. The van der Waals surface area contributed by atoms with Crippen LogP contribution in [0.15, 0.2) is 48.8 Å². The number of amides is 1. The molecule has 5 heteroatoms. The van der Waals surface area contributed by atoms with Crippen LogP contribution in [0.3, 0.4) is 0 Å². The number of H-pyrrole nitrogens is 1. The van der Waals surface area contributed by atoms with E-state index in [1.807, 2.05) is 32.0 Å². The van der Waals surface area contributed by atoms with Crippen LogP contribution in [0.25, 0.3) is 10.9 Å². The molecule has 3 aromatic rings. The van der Waals surface area contributed by atoms with Crippen molar-refractivity contribution in [3.05, 3.63) is 54.4 Å². The normalized spacial score (nSPS) is 11.0. The number of pyridine rings is 1. The Labute approximate surface area is 154 Å². The summed E-state index contributed by atoms with van der Waals surface area (Å²) in [4.78, 5) is 19.8. The second-order valence-corrected chi connectivity index (χ2v) is 6.47. The number of carbonyl (C=O) groups excluding carboxylic acids is 1. The lowest BCUT2D eigenvalue weighted by Gasteiger charge is -2.13. The minimum absolute atomic E-state index is 0.0592. The number of anilines is 2. The van der Waals surface area contributed by atoms with E-state index in [0.717, 1.165) is 42.8 Å². The Morgan fingerprint density at radius 3 is 2.69 bits per heavy atom. The van der Waals surface area contributed by atoms with Crippen LogP contribution in [-0.2, 0) is 11.2 Å². The summed E-state index contributed by atoms with van der Waals surface area (Å²) in [7, 11) is 0. The fourth-order valence-electron chi connectivity index (χ4n) is 3.14. The van der Waals surface area contributed by atoms with Gasteiger partial charge in [-0.2, -0.15) is 0 Å². The topological polar surface area (TPSA) is 69.8 Å². The third kappa shape index (κ3) is 4.23. The fourth-order valence-corrected chi connectivity index (χ4v) is 3.14. The van der Waals surface area contributed by atoms with Crippen molar-refractivity contribution in [1.82, 2.24) is 9.97 Å². The van der Waals surface area contributed by atoms with Gasteiger partial charge in [-0.15, -0.1) is 0 Å². The first-order valence-corrected chi connectivity index (χ1v) is 9.27. The number of fused-ring (bicyclic) bond motifs is 1. The second kappa shape index (κ2) is 8.52. The van der Waals surface area contributed by atoms with Crippen LogP contribution in [-0.4, -0.2) is 22.4 Å². The lowest BCUT2D eigenvalue weighted by atomic mass is 10.0. The van der Waals surface area contributed by atoms with E-state index in [0.29, 0.717) is 0 Å². The monoisotopic (exact) mass is 350 g/mol. The average Bonchev–Trinajstić information content (AvgIpc) is 3.07. The van der Waals surface area contributed by atoms with E-state index in [1.54, 1.807) is 6.20 Å². The van der Waals surface area contributed by atoms with Gasteiger partial charge in [-0.1, -0.05) is 32.0 Å². The van der Waals surface area contributed by atoms with E-state index < -0.39 is 0 Å². The van der Waals surface area contributed by atoms with Gasteiger partial charge < -0.3 is 15.6 Å². The summed E-state index contributed by atoms with van der Waals surface area (Å²) in [6, 6.07) is 12.1. The highest BCUT2D eigenvalue weighted by molar-refractivity contribution is 5.92. The SMILES string of the molecule is CCC(CC)C(=O)Nc1ccc(NCCc2c[nH]c3ccccc23)nc1. The number of nitrogens with zero attached hydrogens (tertiary/aromatic N) is 1. The Kier molecular flexibility index (Phi) is 5.89. The molecule has 0 aliphatic heterocycles. The summed E-state index contributed by atoms with van der Waals surface area (Å²) >= 11 is 0. The lowest BCUT2D eigenvalue weighted by molar-refractivity contribution is -0.120. The van der Waals surface area contributed by atoms with E-state index in [4.69, 9.17) is 0 Å². The van der Waals surface area contributed by atoms with Gasteiger partial charge in [-0.3, -0.25) is 4.79 Å². The Hall–Kier alpha value is -2.82. The molecule has 2 aromatic heterocycles. The highest BCUT2D eigenvalue weighted by atomic mass is 16.1. The van der Waals surface area contributed by atoms with Crippen LogP contribution in [0, 0.1) is 5.92 Å². The molecule has 0 bridgehead atoms. The van der Waals surface area contributed by atoms with Gasteiger partial charge in [0, 0.05) is 29.6 Å². The van der Waals surface area contributed by atoms with Gasteiger partial charge in [0.25, 0.3) is 0 Å². The molecule has 5 nitrogen and oxygen atoms in total. The molecule has 3 rings (SSSR count). The smallest absolute Gasteiger partial charge is 0.227 e. The molecule has 0 spiro atoms. The van der Waals surface area contributed by atoms with Crippen molar-refractivity contribution >= 4 is 28.3 Å². The molecule has 0 saturated heterocycles. The lowest BCUT2D eigenvalue weighted by Crippen LogP contribution is -2.21. The van der Waals surface area contributed by atoms with Gasteiger partial charge in [0.15, 0.2) is 0 Å². The molecule has 26 heavy (non-hydrogen) atoms. The zero-order valence-corrected chi connectivity index (χ0v) is 15.4. The van der Waals surface area contributed by atoms with Crippen molar-refractivity contribution in [3.63, 3.8) is 0 Å². The maximum atomic E-state index is 12.1. The van der Waals surface area contributed by atoms with Gasteiger partial charge in [0.1, 0.15) is 5.82 Å². The molecule has 2 heterocycles. The minimum Gasteiger partial charge on any atom is -0.370 e. The average molecular weight is 350 g/mol. The standard InChI is InChI=1S/C21H26N4O/c1-3-15(4-2)21(26)25-17-9-10-20(24-14-17)22-12-11-16-13-23-19-8-6-5-7-18(16)19/h5-10,13-15,23H,3-4,11-12H2,1-2H3,(H,22,24)(H,25,26). The summed E-state index contributed by atoms with van der Waals surface area (Å²) in [5.74, 6) is 0.936. The van der Waals surface area contributed by atoms with Crippen LogP contribution < -0.4 is 10.6 Å². The molecular weight excluding hydrogens is 324 g/mol.